The number of nitrogens with zero attached hydrogens (tertiary/aromatic N) is 4. The molecule has 2 aliphatic heterocycles. The lowest BCUT2D eigenvalue weighted by Crippen LogP contribution is -2.47. The van der Waals surface area contributed by atoms with E-state index in [9.17, 15) is 18.0 Å². The smallest absolute Gasteiger partial charge is 0.241 e. The van der Waals surface area contributed by atoms with Crippen molar-refractivity contribution in [1.29, 1.82) is 0 Å². The first-order valence-electron chi connectivity index (χ1n) is 9.86. The van der Waals surface area contributed by atoms with E-state index in [1.54, 1.807) is 4.90 Å². The van der Waals surface area contributed by atoms with Crippen molar-refractivity contribution in [2.45, 2.75) is 50.5 Å². The molecule has 1 atom stereocenters. The molecule has 2 N–H and O–H groups in total. The minimum Gasteiger partial charge on any atom is -0.343 e. The average molecular weight is 412 g/mol. The van der Waals surface area contributed by atoms with Crippen molar-refractivity contribution in [3.8, 4) is 0 Å². The van der Waals surface area contributed by atoms with Crippen molar-refractivity contribution in [2.24, 2.45) is 17.0 Å². The first kappa shape index (κ1) is 20.8. The Hall–Kier alpha value is -1.94. The molecule has 0 radical (unpaired) electrons. The molecule has 2 saturated heterocycles. The standard InChI is InChI=1S/C18H29N5O4S/c1-14-3-2-7-22(12-14)18(25)15-4-8-21(9-5-15)17(24)6-10-23-13-16(11-20-23)28(19,26)27/h11,13-15H,2-10,12H2,1H3,(H2,19,26,27)/t14-/m0/s1. The Kier molecular flexibility index (Phi) is 6.39. The van der Waals surface area contributed by atoms with Crippen LogP contribution in [-0.2, 0) is 26.2 Å². The minimum absolute atomic E-state index is 0.00912. The van der Waals surface area contributed by atoms with Gasteiger partial charge in [-0.25, -0.2) is 13.6 Å². The van der Waals surface area contributed by atoms with Crippen molar-refractivity contribution in [3.05, 3.63) is 12.4 Å². The fraction of sp³-hybridized carbons (Fsp3) is 0.722. The van der Waals surface area contributed by atoms with Gasteiger partial charge in [0.2, 0.25) is 21.8 Å². The molecule has 3 rings (SSSR count). The first-order chi connectivity index (χ1) is 13.2. The number of primary sulfonamides is 1. The van der Waals surface area contributed by atoms with Crippen LogP contribution in [0.25, 0.3) is 0 Å². The molecule has 0 aromatic carbocycles. The number of likely N-dealkylation sites (tertiary alicyclic amines) is 2. The molecule has 28 heavy (non-hydrogen) atoms. The summed E-state index contributed by atoms with van der Waals surface area (Å²) in [4.78, 5) is 28.9. The van der Waals surface area contributed by atoms with Gasteiger partial charge < -0.3 is 9.80 Å². The summed E-state index contributed by atoms with van der Waals surface area (Å²) in [5.74, 6) is 0.810. The van der Waals surface area contributed by atoms with Crippen LogP contribution in [0, 0.1) is 11.8 Å². The maximum atomic E-state index is 12.7. The number of hydrogen-bond acceptors (Lipinski definition) is 5. The summed E-state index contributed by atoms with van der Waals surface area (Å²) >= 11 is 0. The highest BCUT2D eigenvalue weighted by atomic mass is 32.2. The maximum absolute atomic E-state index is 12.7. The molecule has 10 heteroatoms. The van der Waals surface area contributed by atoms with Gasteiger partial charge in [0.1, 0.15) is 4.90 Å². The Morgan fingerprint density at radius 3 is 2.50 bits per heavy atom. The zero-order chi connectivity index (χ0) is 20.3. The van der Waals surface area contributed by atoms with E-state index in [-0.39, 0.29) is 29.0 Å². The Labute approximate surface area is 165 Å². The van der Waals surface area contributed by atoms with E-state index in [1.165, 1.54) is 23.5 Å². The van der Waals surface area contributed by atoms with E-state index in [0.717, 1.165) is 19.5 Å². The van der Waals surface area contributed by atoms with Gasteiger partial charge in [-0.15, -0.1) is 0 Å². The van der Waals surface area contributed by atoms with Gasteiger partial charge in [-0.2, -0.15) is 5.10 Å². The molecular weight excluding hydrogens is 382 g/mol. The van der Waals surface area contributed by atoms with Crippen molar-refractivity contribution in [3.63, 3.8) is 0 Å². The van der Waals surface area contributed by atoms with Crippen LogP contribution in [0.2, 0.25) is 0 Å². The van der Waals surface area contributed by atoms with Crippen molar-refractivity contribution < 1.29 is 18.0 Å². The Balaban J connectivity index is 1.44. The molecule has 9 nitrogen and oxygen atoms in total. The van der Waals surface area contributed by atoms with Gasteiger partial charge in [-0.3, -0.25) is 14.3 Å². The number of aromatic nitrogens is 2. The number of aryl methyl sites for hydroxylation is 1. The fourth-order valence-electron chi connectivity index (χ4n) is 4.01. The molecule has 0 unspecified atom stereocenters. The zero-order valence-electron chi connectivity index (χ0n) is 16.3. The quantitative estimate of drug-likeness (QED) is 0.753. The van der Waals surface area contributed by atoms with Gasteiger partial charge in [-0.05, 0) is 31.6 Å². The second kappa shape index (κ2) is 8.60. The third kappa shape index (κ3) is 5.11. The number of piperidine rings is 2. The van der Waals surface area contributed by atoms with Crippen molar-refractivity contribution in [1.82, 2.24) is 19.6 Å². The summed E-state index contributed by atoms with van der Waals surface area (Å²) in [5.41, 5.74) is 0. The molecule has 0 aliphatic carbocycles. The molecule has 156 valence electrons. The first-order valence-corrected chi connectivity index (χ1v) is 11.4. The molecule has 1 aromatic heterocycles. The van der Waals surface area contributed by atoms with Gasteiger partial charge in [0, 0.05) is 51.3 Å². The van der Waals surface area contributed by atoms with E-state index in [1.807, 2.05) is 4.90 Å². The van der Waals surface area contributed by atoms with Crippen LogP contribution in [-0.4, -0.2) is 66.0 Å². The summed E-state index contributed by atoms with van der Waals surface area (Å²) < 4.78 is 23.9. The lowest BCUT2D eigenvalue weighted by atomic mass is 9.92. The molecule has 3 heterocycles. The van der Waals surface area contributed by atoms with Gasteiger partial charge in [0.25, 0.3) is 0 Å². The summed E-state index contributed by atoms with van der Waals surface area (Å²) in [6.07, 6.45) is 6.40. The second-order valence-corrected chi connectivity index (χ2v) is 9.48. The summed E-state index contributed by atoms with van der Waals surface area (Å²) in [7, 11) is -3.78. The number of hydrogen-bond donors (Lipinski definition) is 1. The van der Waals surface area contributed by atoms with E-state index in [2.05, 4.69) is 12.0 Å². The van der Waals surface area contributed by atoms with Crippen LogP contribution in [0.1, 0.15) is 39.0 Å². The second-order valence-electron chi connectivity index (χ2n) is 7.92. The lowest BCUT2D eigenvalue weighted by molar-refractivity contribution is -0.142. The molecule has 0 spiro atoms. The maximum Gasteiger partial charge on any atom is 0.241 e. The largest absolute Gasteiger partial charge is 0.343 e. The topological polar surface area (TPSA) is 119 Å². The van der Waals surface area contributed by atoms with Crippen molar-refractivity contribution >= 4 is 21.8 Å². The highest BCUT2D eigenvalue weighted by Gasteiger charge is 2.31. The predicted molar refractivity (Wildman–Crippen MR) is 102 cm³/mol. The minimum atomic E-state index is -3.78. The number of carbonyl (C=O) groups excluding carboxylic acids is 2. The lowest BCUT2D eigenvalue weighted by Gasteiger charge is -2.37. The number of rotatable bonds is 5. The zero-order valence-corrected chi connectivity index (χ0v) is 17.1. The Bertz CT molecular complexity index is 814. The van der Waals surface area contributed by atoms with Crippen LogP contribution < -0.4 is 5.14 Å². The van der Waals surface area contributed by atoms with Gasteiger partial charge in [-0.1, -0.05) is 6.92 Å². The van der Waals surface area contributed by atoms with Crippen LogP contribution >= 0.6 is 0 Å². The fourth-order valence-corrected chi connectivity index (χ4v) is 4.47. The number of nitrogens with two attached hydrogens (primary N) is 1. The summed E-state index contributed by atoms with van der Waals surface area (Å²) in [6.45, 7) is 5.35. The van der Waals surface area contributed by atoms with Gasteiger partial charge in [0.15, 0.2) is 0 Å². The summed E-state index contributed by atoms with van der Waals surface area (Å²) in [6, 6.07) is 0. The molecule has 2 fully saturated rings. The predicted octanol–water partition coefficient (Wildman–Crippen LogP) is 0.418. The molecule has 1 aromatic rings. The summed E-state index contributed by atoms with van der Waals surface area (Å²) in [5, 5.41) is 8.98. The third-order valence-corrected chi connectivity index (χ3v) is 6.53. The highest BCUT2D eigenvalue weighted by molar-refractivity contribution is 7.89. The molecule has 2 aliphatic rings. The molecule has 0 saturated carbocycles. The normalized spacial score (nSPS) is 21.7. The molecule has 2 amide bonds. The van der Waals surface area contributed by atoms with Crippen LogP contribution in [0.15, 0.2) is 17.3 Å². The van der Waals surface area contributed by atoms with Crippen LogP contribution in [0.5, 0.6) is 0 Å². The van der Waals surface area contributed by atoms with E-state index >= 15 is 0 Å². The average Bonchev–Trinajstić information content (AvgIpc) is 3.15. The molecular formula is C18H29N5O4S. The number of amides is 2. The SMILES string of the molecule is C[C@H]1CCCN(C(=O)C2CCN(C(=O)CCn3cc(S(N)(=O)=O)cn3)CC2)C1. The number of sulfonamides is 1. The highest BCUT2D eigenvalue weighted by Crippen LogP contribution is 2.24. The monoisotopic (exact) mass is 411 g/mol. The van der Waals surface area contributed by atoms with Crippen LogP contribution in [0.3, 0.4) is 0 Å². The third-order valence-electron chi connectivity index (χ3n) is 5.66. The molecule has 0 bridgehead atoms. The van der Waals surface area contributed by atoms with Gasteiger partial charge >= 0.3 is 0 Å². The Morgan fingerprint density at radius 1 is 1.18 bits per heavy atom. The van der Waals surface area contributed by atoms with Gasteiger partial charge in [0.05, 0.1) is 6.20 Å². The van der Waals surface area contributed by atoms with E-state index in [4.69, 9.17) is 5.14 Å². The van der Waals surface area contributed by atoms with Crippen molar-refractivity contribution in [2.75, 3.05) is 26.2 Å². The number of carbonyl (C=O) groups is 2. The van der Waals surface area contributed by atoms with E-state index in [0.29, 0.717) is 38.4 Å². The van der Waals surface area contributed by atoms with E-state index < -0.39 is 10.0 Å². The van der Waals surface area contributed by atoms with Crippen LogP contribution in [0.4, 0.5) is 0 Å². The Morgan fingerprint density at radius 2 is 1.89 bits per heavy atom.